The molecular formula is C21H22N4O3. The van der Waals surface area contributed by atoms with Crippen LogP contribution in [0.2, 0.25) is 0 Å². The Morgan fingerprint density at radius 2 is 1.75 bits per heavy atom. The molecule has 0 bridgehead atoms. The van der Waals surface area contributed by atoms with Crippen molar-refractivity contribution in [3.05, 3.63) is 42.5 Å². The number of nitrogens with one attached hydrogen (secondary N) is 2. The quantitative estimate of drug-likeness (QED) is 0.838. The standard InChI is InChI=1S/C21H22N4O3/c26-19-17-9-4-10-24(17)20(27)18-11-14(12-25(18)19)22-21(28)23-16-8-3-6-13-5-1-2-7-15(13)16/h1-3,5-8,14,17-18H,4,9-12H2,(H2,22,23,28)/t14-,17+,18-/m0/s1. The molecule has 4 amide bonds. The van der Waals surface area contributed by atoms with Crippen LogP contribution in [0.15, 0.2) is 42.5 Å². The Balaban J connectivity index is 1.28. The van der Waals surface area contributed by atoms with Crippen molar-refractivity contribution in [3.63, 3.8) is 0 Å². The maximum Gasteiger partial charge on any atom is 0.319 e. The van der Waals surface area contributed by atoms with Crippen molar-refractivity contribution in [2.45, 2.75) is 37.4 Å². The second-order valence-electron chi connectivity index (χ2n) is 7.75. The van der Waals surface area contributed by atoms with Gasteiger partial charge in [0, 0.05) is 18.5 Å². The molecule has 2 aromatic rings. The fourth-order valence-corrected chi connectivity index (χ4v) is 4.77. The van der Waals surface area contributed by atoms with Crippen LogP contribution in [0.4, 0.5) is 10.5 Å². The van der Waals surface area contributed by atoms with Gasteiger partial charge in [-0.1, -0.05) is 36.4 Å². The molecule has 7 heteroatoms. The molecule has 0 unspecified atom stereocenters. The van der Waals surface area contributed by atoms with E-state index in [0.717, 1.165) is 29.3 Å². The van der Waals surface area contributed by atoms with Gasteiger partial charge in [-0.15, -0.1) is 0 Å². The Morgan fingerprint density at radius 1 is 0.964 bits per heavy atom. The van der Waals surface area contributed by atoms with E-state index in [9.17, 15) is 14.4 Å². The Morgan fingerprint density at radius 3 is 2.64 bits per heavy atom. The number of benzene rings is 2. The van der Waals surface area contributed by atoms with Crippen LogP contribution in [-0.2, 0) is 9.59 Å². The number of amides is 4. The number of rotatable bonds is 2. The number of piperazine rings is 1. The van der Waals surface area contributed by atoms with E-state index >= 15 is 0 Å². The van der Waals surface area contributed by atoms with Gasteiger partial charge in [-0.3, -0.25) is 9.59 Å². The van der Waals surface area contributed by atoms with Gasteiger partial charge in [-0.05, 0) is 30.7 Å². The summed E-state index contributed by atoms with van der Waals surface area (Å²) >= 11 is 0. The van der Waals surface area contributed by atoms with Gasteiger partial charge in [-0.2, -0.15) is 0 Å². The number of hydrogen-bond acceptors (Lipinski definition) is 3. The number of carbonyl (C=O) groups excluding carboxylic acids is 3. The smallest absolute Gasteiger partial charge is 0.319 e. The topological polar surface area (TPSA) is 81.8 Å². The molecular weight excluding hydrogens is 356 g/mol. The van der Waals surface area contributed by atoms with Gasteiger partial charge in [-0.25, -0.2) is 4.79 Å². The van der Waals surface area contributed by atoms with Gasteiger partial charge in [0.15, 0.2) is 0 Å². The number of fused-ring (bicyclic) bond motifs is 3. The highest BCUT2D eigenvalue weighted by molar-refractivity contribution is 6.02. The first kappa shape index (κ1) is 17.0. The second-order valence-corrected chi connectivity index (χ2v) is 7.75. The van der Waals surface area contributed by atoms with Crippen molar-refractivity contribution < 1.29 is 14.4 Å². The lowest BCUT2D eigenvalue weighted by Crippen LogP contribution is -2.60. The van der Waals surface area contributed by atoms with Crippen LogP contribution in [0, 0.1) is 0 Å². The minimum atomic E-state index is -0.440. The highest BCUT2D eigenvalue weighted by atomic mass is 16.2. The Bertz CT molecular complexity index is 940. The Hall–Kier alpha value is -3.09. The third kappa shape index (κ3) is 2.69. The molecule has 2 N–H and O–H groups in total. The van der Waals surface area contributed by atoms with Crippen molar-refractivity contribution in [1.29, 1.82) is 0 Å². The molecule has 3 aliphatic rings. The highest BCUT2D eigenvalue weighted by Crippen LogP contribution is 2.32. The zero-order chi connectivity index (χ0) is 19.3. The average Bonchev–Trinajstić information content (AvgIpc) is 3.34. The van der Waals surface area contributed by atoms with Gasteiger partial charge in [0.25, 0.3) is 0 Å². The lowest BCUT2D eigenvalue weighted by Gasteiger charge is -2.38. The van der Waals surface area contributed by atoms with E-state index in [2.05, 4.69) is 10.6 Å². The van der Waals surface area contributed by atoms with Gasteiger partial charge in [0.05, 0.1) is 11.7 Å². The summed E-state index contributed by atoms with van der Waals surface area (Å²) < 4.78 is 0. The summed E-state index contributed by atoms with van der Waals surface area (Å²) in [5.74, 6) is 0.0572. The van der Waals surface area contributed by atoms with Crippen LogP contribution in [0.1, 0.15) is 19.3 Å². The zero-order valence-electron chi connectivity index (χ0n) is 15.4. The summed E-state index contributed by atoms with van der Waals surface area (Å²) in [6.07, 6.45) is 2.10. The second kappa shape index (κ2) is 6.51. The lowest BCUT2D eigenvalue weighted by atomic mass is 10.1. The van der Waals surface area contributed by atoms with Gasteiger partial charge < -0.3 is 20.4 Å². The predicted octanol–water partition coefficient (Wildman–Crippen LogP) is 1.94. The minimum absolute atomic E-state index is 0.0286. The lowest BCUT2D eigenvalue weighted by molar-refractivity contribution is -0.156. The maximum absolute atomic E-state index is 12.7. The molecule has 0 radical (unpaired) electrons. The summed E-state index contributed by atoms with van der Waals surface area (Å²) in [5.41, 5.74) is 0.735. The van der Waals surface area contributed by atoms with Crippen molar-refractivity contribution in [1.82, 2.24) is 15.1 Å². The summed E-state index contributed by atoms with van der Waals surface area (Å²) in [6, 6.07) is 12.3. The van der Waals surface area contributed by atoms with Gasteiger partial charge in [0.1, 0.15) is 12.1 Å². The first-order valence-electron chi connectivity index (χ1n) is 9.78. The van der Waals surface area contributed by atoms with E-state index in [4.69, 9.17) is 0 Å². The summed E-state index contributed by atoms with van der Waals surface area (Å²) in [4.78, 5) is 41.4. The summed E-state index contributed by atoms with van der Waals surface area (Å²) in [7, 11) is 0. The first-order valence-corrected chi connectivity index (χ1v) is 9.78. The molecule has 0 aromatic heterocycles. The number of urea groups is 1. The highest BCUT2D eigenvalue weighted by Gasteiger charge is 2.51. The fourth-order valence-electron chi connectivity index (χ4n) is 4.77. The van der Waals surface area contributed by atoms with E-state index in [1.807, 2.05) is 42.5 Å². The van der Waals surface area contributed by atoms with Crippen LogP contribution in [0.25, 0.3) is 10.8 Å². The largest absolute Gasteiger partial charge is 0.333 e. The van der Waals surface area contributed by atoms with E-state index in [1.165, 1.54) is 0 Å². The predicted molar refractivity (Wildman–Crippen MR) is 105 cm³/mol. The molecule has 3 atom stereocenters. The molecule has 7 nitrogen and oxygen atoms in total. The van der Waals surface area contributed by atoms with E-state index in [1.54, 1.807) is 9.80 Å². The maximum atomic E-state index is 12.7. The molecule has 5 rings (SSSR count). The first-order chi connectivity index (χ1) is 13.6. The molecule has 3 fully saturated rings. The number of nitrogens with zero attached hydrogens (tertiary/aromatic N) is 2. The van der Waals surface area contributed by atoms with E-state index in [-0.39, 0.29) is 29.9 Å². The van der Waals surface area contributed by atoms with Crippen LogP contribution >= 0.6 is 0 Å². The number of anilines is 1. The number of hydrogen-bond donors (Lipinski definition) is 2. The van der Waals surface area contributed by atoms with E-state index in [0.29, 0.717) is 19.5 Å². The Labute approximate surface area is 162 Å². The van der Waals surface area contributed by atoms with E-state index < -0.39 is 6.04 Å². The van der Waals surface area contributed by atoms with Gasteiger partial charge in [0.2, 0.25) is 11.8 Å². The van der Waals surface area contributed by atoms with Crippen molar-refractivity contribution in [2.75, 3.05) is 18.4 Å². The SMILES string of the molecule is O=C(Nc1cccc2ccccc12)N[C@H]1C[C@H]2C(=O)N3CCC[C@@H]3C(=O)N2C1. The Kier molecular flexibility index (Phi) is 3.96. The monoisotopic (exact) mass is 378 g/mol. The van der Waals surface area contributed by atoms with Crippen molar-refractivity contribution >= 4 is 34.3 Å². The average molecular weight is 378 g/mol. The molecule has 0 saturated carbocycles. The van der Waals surface area contributed by atoms with Crippen molar-refractivity contribution in [3.8, 4) is 0 Å². The van der Waals surface area contributed by atoms with Crippen LogP contribution < -0.4 is 10.6 Å². The molecule has 2 aromatic carbocycles. The molecule has 28 heavy (non-hydrogen) atoms. The molecule has 0 aliphatic carbocycles. The fraction of sp³-hybridized carbons (Fsp3) is 0.381. The summed E-state index contributed by atoms with van der Waals surface area (Å²) in [5, 5.41) is 7.87. The number of carbonyl (C=O) groups is 3. The molecule has 0 spiro atoms. The zero-order valence-corrected chi connectivity index (χ0v) is 15.4. The normalized spacial score (nSPS) is 26.4. The van der Waals surface area contributed by atoms with Crippen LogP contribution in [-0.4, -0.2) is 58.9 Å². The molecule has 3 aliphatic heterocycles. The third-order valence-electron chi connectivity index (χ3n) is 6.06. The molecule has 3 saturated heterocycles. The minimum Gasteiger partial charge on any atom is -0.333 e. The van der Waals surface area contributed by atoms with Gasteiger partial charge >= 0.3 is 6.03 Å². The third-order valence-corrected chi connectivity index (χ3v) is 6.06. The molecule has 144 valence electrons. The van der Waals surface area contributed by atoms with Crippen LogP contribution in [0.3, 0.4) is 0 Å². The molecule has 3 heterocycles. The summed E-state index contributed by atoms with van der Waals surface area (Å²) in [6.45, 7) is 1.06. The van der Waals surface area contributed by atoms with Crippen LogP contribution in [0.5, 0.6) is 0 Å². The van der Waals surface area contributed by atoms with Crippen molar-refractivity contribution in [2.24, 2.45) is 0 Å².